The highest BCUT2D eigenvalue weighted by molar-refractivity contribution is 9.11. The Hall–Kier alpha value is -1.26. The van der Waals surface area contributed by atoms with Crippen molar-refractivity contribution in [2.45, 2.75) is 12.1 Å². The largest absolute Gasteiger partial charge is 0.335 e. The molecule has 0 atom stereocenters. The third-order valence-electron chi connectivity index (χ3n) is 3.62. The van der Waals surface area contributed by atoms with E-state index in [0.29, 0.717) is 32.3 Å². The highest BCUT2D eigenvalue weighted by Gasteiger charge is 2.17. The number of anilines is 1. The predicted octanol–water partition coefficient (Wildman–Crippen LogP) is 5.53. The molecule has 0 radical (unpaired) electrons. The molecule has 2 aromatic carbocycles. The van der Waals surface area contributed by atoms with E-state index in [9.17, 15) is 4.79 Å². The van der Waals surface area contributed by atoms with Gasteiger partial charge in [-0.2, -0.15) is 0 Å². The van der Waals surface area contributed by atoms with Crippen molar-refractivity contribution in [3.8, 4) is 11.4 Å². The number of hydrogen-bond donors (Lipinski definition) is 2. The summed E-state index contributed by atoms with van der Waals surface area (Å²) in [6, 6.07) is 8.85. The van der Waals surface area contributed by atoms with E-state index in [-0.39, 0.29) is 11.7 Å². The molecule has 0 aliphatic heterocycles. The van der Waals surface area contributed by atoms with Gasteiger partial charge in [-0.15, -0.1) is 10.2 Å². The number of hydrogen-bond acceptors (Lipinski definition) is 5. The van der Waals surface area contributed by atoms with Crippen LogP contribution in [-0.2, 0) is 4.79 Å². The molecule has 1 amide bonds. The zero-order valence-electron chi connectivity index (χ0n) is 14.3. The van der Waals surface area contributed by atoms with Crippen molar-refractivity contribution in [3.05, 3.63) is 54.9 Å². The summed E-state index contributed by atoms with van der Waals surface area (Å²) in [4.78, 5) is 12.3. The lowest BCUT2D eigenvalue weighted by molar-refractivity contribution is -0.113. The molecule has 0 spiro atoms. The average Bonchev–Trinajstić information content (AvgIpc) is 2.97. The molecule has 0 saturated carbocycles. The van der Waals surface area contributed by atoms with Crippen molar-refractivity contribution < 1.29 is 4.79 Å². The summed E-state index contributed by atoms with van der Waals surface area (Å²) < 4.78 is 2.88. The molecule has 0 aliphatic rings. The van der Waals surface area contributed by atoms with E-state index >= 15 is 0 Å². The Bertz CT molecular complexity index is 1040. The number of nitrogens with two attached hydrogens (primary N) is 1. The van der Waals surface area contributed by atoms with Crippen LogP contribution in [0.4, 0.5) is 5.69 Å². The van der Waals surface area contributed by atoms with Crippen LogP contribution in [0, 0.1) is 6.92 Å². The lowest BCUT2D eigenvalue weighted by Crippen LogP contribution is -2.17. The van der Waals surface area contributed by atoms with Gasteiger partial charge in [0.1, 0.15) is 0 Å². The Labute approximate surface area is 192 Å². The first kappa shape index (κ1) is 21.4. The number of aromatic nitrogens is 3. The van der Waals surface area contributed by atoms with Crippen LogP contribution in [0.25, 0.3) is 11.4 Å². The summed E-state index contributed by atoms with van der Waals surface area (Å²) in [6.45, 7) is 1.97. The van der Waals surface area contributed by atoms with Crippen molar-refractivity contribution in [2.75, 3.05) is 16.9 Å². The second kappa shape index (κ2) is 9.04. The highest BCUT2D eigenvalue weighted by Crippen LogP contribution is 2.33. The second-order valence-electron chi connectivity index (χ2n) is 5.74. The molecule has 6 nitrogen and oxygen atoms in total. The van der Waals surface area contributed by atoms with Crippen LogP contribution >= 0.6 is 66.8 Å². The zero-order valence-corrected chi connectivity index (χ0v) is 19.8. The normalized spacial score (nSPS) is 10.9. The Kier molecular flexibility index (Phi) is 6.93. The number of nitrogens with zero attached hydrogens (tertiary/aromatic N) is 3. The summed E-state index contributed by atoms with van der Waals surface area (Å²) in [5, 5.41) is 12.3. The van der Waals surface area contributed by atoms with Gasteiger partial charge in [0.05, 0.1) is 16.5 Å². The average molecular weight is 566 g/mol. The molecule has 1 aromatic heterocycles. The second-order valence-corrected chi connectivity index (χ2v) is 9.24. The predicted molar refractivity (Wildman–Crippen MR) is 122 cm³/mol. The van der Waals surface area contributed by atoms with Gasteiger partial charge in [0.15, 0.2) is 5.82 Å². The summed E-state index contributed by atoms with van der Waals surface area (Å²) in [7, 11) is 0. The Morgan fingerprint density at radius 3 is 2.54 bits per heavy atom. The van der Waals surface area contributed by atoms with Gasteiger partial charge in [0, 0.05) is 19.5 Å². The highest BCUT2D eigenvalue weighted by atomic mass is 79.9. The molecule has 28 heavy (non-hydrogen) atoms. The first-order chi connectivity index (χ1) is 13.3. The van der Waals surface area contributed by atoms with E-state index in [2.05, 4.69) is 47.4 Å². The van der Waals surface area contributed by atoms with E-state index in [1.807, 2.05) is 19.1 Å². The molecular weight excluding hydrogens is 553 g/mol. The van der Waals surface area contributed by atoms with Gasteiger partial charge >= 0.3 is 0 Å². The number of benzene rings is 2. The Morgan fingerprint density at radius 1 is 1.21 bits per heavy atom. The maximum atomic E-state index is 12.3. The van der Waals surface area contributed by atoms with Crippen LogP contribution in [0.1, 0.15) is 5.56 Å². The molecule has 146 valence electrons. The Balaban J connectivity index is 1.70. The number of nitrogen functional groups attached to an aromatic ring is 1. The van der Waals surface area contributed by atoms with Crippen molar-refractivity contribution >= 4 is 78.4 Å². The van der Waals surface area contributed by atoms with E-state index in [1.54, 1.807) is 18.2 Å². The lowest BCUT2D eigenvalue weighted by Gasteiger charge is -2.10. The maximum Gasteiger partial charge on any atom is 0.234 e. The summed E-state index contributed by atoms with van der Waals surface area (Å²) in [6.07, 6.45) is 0. The standard InChI is InChI=1S/C17H13Br2Cl2N5OS/c1-8-4-11(18)15(12(19)5-8)23-14(27)7-28-17-25-24-16(26(17)22)10-3-2-9(20)6-13(10)21/h2-6H,7,22H2,1H3,(H,23,27). The zero-order chi connectivity index (χ0) is 20.4. The van der Waals surface area contributed by atoms with Gasteiger partial charge in [0.25, 0.3) is 0 Å². The lowest BCUT2D eigenvalue weighted by atomic mass is 10.2. The minimum atomic E-state index is -0.204. The van der Waals surface area contributed by atoms with E-state index in [4.69, 9.17) is 29.0 Å². The summed E-state index contributed by atoms with van der Waals surface area (Å²) in [5.41, 5.74) is 2.33. The van der Waals surface area contributed by atoms with Crippen molar-refractivity contribution in [3.63, 3.8) is 0 Å². The fourth-order valence-corrected chi connectivity index (χ4v) is 5.12. The van der Waals surface area contributed by atoms with E-state index in [0.717, 1.165) is 14.5 Å². The summed E-state index contributed by atoms with van der Waals surface area (Å²) >= 11 is 20.2. The number of amides is 1. The fraction of sp³-hybridized carbons (Fsp3) is 0.118. The van der Waals surface area contributed by atoms with Crippen LogP contribution in [0.5, 0.6) is 0 Å². The van der Waals surface area contributed by atoms with Gasteiger partial charge in [-0.25, -0.2) is 4.68 Å². The van der Waals surface area contributed by atoms with Crippen LogP contribution in [0.15, 0.2) is 44.4 Å². The van der Waals surface area contributed by atoms with Crippen LogP contribution in [0.3, 0.4) is 0 Å². The fourth-order valence-electron chi connectivity index (χ4n) is 2.35. The number of carbonyl (C=O) groups is 1. The number of thioether (sulfide) groups is 1. The van der Waals surface area contributed by atoms with Crippen LogP contribution in [-0.4, -0.2) is 26.5 Å². The monoisotopic (exact) mass is 563 g/mol. The molecule has 0 bridgehead atoms. The topological polar surface area (TPSA) is 85.8 Å². The van der Waals surface area contributed by atoms with Gasteiger partial charge in [-0.1, -0.05) is 35.0 Å². The number of rotatable bonds is 5. The number of aryl methyl sites for hydroxylation is 1. The molecule has 0 saturated heterocycles. The molecule has 3 aromatic rings. The smallest absolute Gasteiger partial charge is 0.234 e. The van der Waals surface area contributed by atoms with Crippen molar-refractivity contribution in [1.82, 2.24) is 14.9 Å². The van der Waals surface area contributed by atoms with Crippen molar-refractivity contribution in [2.24, 2.45) is 0 Å². The number of carbonyl (C=O) groups excluding carboxylic acids is 1. The molecule has 11 heteroatoms. The molecular formula is C17H13Br2Cl2N5OS. The third-order valence-corrected chi connectivity index (χ3v) is 6.36. The number of halogens is 4. The molecule has 1 heterocycles. The molecule has 3 rings (SSSR count). The van der Waals surface area contributed by atoms with E-state index in [1.165, 1.54) is 16.4 Å². The SMILES string of the molecule is Cc1cc(Br)c(NC(=O)CSc2nnc(-c3ccc(Cl)cc3Cl)n2N)c(Br)c1. The maximum absolute atomic E-state index is 12.3. The van der Waals surface area contributed by atoms with Gasteiger partial charge < -0.3 is 11.2 Å². The molecule has 0 aliphatic carbocycles. The first-order valence-corrected chi connectivity index (χ1v) is 11.1. The van der Waals surface area contributed by atoms with Gasteiger partial charge in [0.2, 0.25) is 11.1 Å². The van der Waals surface area contributed by atoms with Gasteiger partial charge in [-0.05, 0) is 74.7 Å². The molecule has 3 N–H and O–H groups in total. The molecule has 0 fully saturated rings. The van der Waals surface area contributed by atoms with E-state index < -0.39 is 0 Å². The minimum absolute atomic E-state index is 0.108. The van der Waals surface area contributed by atoms with Gasteiger partial charge in [-0.3, -0.25) is 4.79 Å². The third kappa shape index (κ3) is 4.83. The van der Waals surface area contributed by atoms with Crippen LogP contribution < -0.4 is 11.2 Å². The summed E-state index contributed by atoms with van der Waals surface area (Å²) in [5.74, 6) is 6.36. The van der Waals surface area contributed by atoms with Crippen molar-refractivity contribution in [1.29, 1.82) is 0 Å². The first-order valence-electron chi connectivity index (χ1n) is 7.80. The minimum Gasteiger partial charge on any atom is -0.335 e. The Morgan fingerprint density at radius 2 is 1.89 bits per heavy atom. The molecule has 0 unspecified atom stereocenters. The number of nitrogens with one attached hydrogen (secondary N) is 1. The van der Waals surface area contributed by atoms with Crippen LogP contribution in [0.2, 0.25) is 10.0 Å². The quantitative estimate of drug-likeness (QED) is 0.314.